The van der Waals surface area contributed by atoms with Gasteiger partial charge in [0.1, 0.15) is 6.54 Å². The van der Waals surface area contributed by atoms with E-state index in [1.807, 2.05) is 54.6 Å². The van der Waals surface area contributed by atoms with Gasteiger partial charge in [-0.15, -0.1) is 11.3 Å². The molecule has 0 aliphatic carbocycles. The van der Waals surface area contributed by atoms with Crippen LogP contribution in [0.5, 0.6) is 0 Å². The number of thiophene rings is 1. The molecule has 0 unspecified atom stereocenters. The van der Waals surface area contributed by atoms with E-state index in [1.165, 1.54) is 4.88 Å². The molecule has 3 rings (SSSR count). The lowest BCUT2D eigenvalue weighted by atomic mass is 10.1. The number of hydrogen-bond donors (Lipinski definition) is 1. The zero-order valence-corrected chi connectivity index (χ0v) is 14.0. The van der Waals surface area contributed by atoms with Gasteiger partial charge in [-0.3, -0.25) is 19.4 Å². The number of fused-ring (bicyclic) bond motifs is 1. The molecular weight excluding hydrogens is 310 g/mol. The van der Waals surface area contributed by atoms with E-state index in [4.69, 9.17) is 0 Å². The zero-order valence-electron chi connectivity index (χ0n) is 13.2. The standard InChI is InChI=1S/C17H19N3O2S/c1-12(19(2)10-13-6-5-9-23-13)17(22)20-11-16(21)18-14-7-3-4-8-15(14)20/h3-9,12H,10-11H2,1-2H3,(H,18,21)/t12-/m1/s1. The number of amides is 2. The second-order valence-corrected chi connectivity index (χ2v) is 6.69. The summed E-state index contributed by atoms with van der Waals surface area (Å²) < 4.78 is 0. The molecule has 2 heterocycles. The molecule has 1 aromatic heterocycles. The Morgan fingerprint density at radius 3 is 2.87 bits per heavy atom. The summed E-state index contributed by atoms with van der Waals surface area (Å²) in [6, 6.07) is 11.1. The summed E-state index contributed by atoms with van der Waals surface area (Å²) in [4.78, 5) is 29.5. The molecule has 0 bridgehead atoms. The zero-order chi connectivity index (χ0) is 16.4. The Labute approximate surface area is 139 Å². The topological polar surface area (TPSA) is 52.7 Å². The van der Waals surface area contributed by atoms with Gasteiger partial charge in [0.05, 0.1) is 17.4 Å². The van der Waals surface area contributed by atoms with Crippen LogP contribution < -0.4 is 10.2 Å². The molecule has 0 saturated carbocycles. The van der Waals surface area contributed by atoms with Crippen molar-refractivity contribution in [2.45, 2.75) is 19.5 Å². The van der Waals surface area contributed by atoms with Gasteiger partial charge in [0.15, 0.2) is 0 Å². The summed E-state index contributed by atoms with van der Waals surface area (Å²) in [5.74, 6) is -0.225. The number of rotatable bonds is 4. The highest BCUT2D eigenvalue weighted by atomic mass is 32.1. The third-order valence-corrected chi connectivity index (χ3v) is 4.90. The van der Waals surface area contributed by atoms with Crippen molar-refractivity contribution in [1.29, 1.82) is 0 Å². The normalized spacial score (nSPS) is 15.3. The minimum atomic E-state index is -0.309. The number of anilines is 2. The Kier molecular flexibility index (Phi) is 4.45. The summed E-state index contributed by atoms with van der Waals surface area (Å²) in [5.41, 5.74) is 1.44. The van der Waals surface area contributed by atoms with Crippen LogP contribution in [0.4, 0.5) is 11.4 Å². The fraction of sp³-hybridized carbons (Fsp3) is 0.294. The van der Waals surface area contributed by atoms with Gasteiger partial charge in [-0.05, 0) is 37.6 Å². The van der Waals surface area contributed by atoms with E-state index < -0.39 is 0 Å². The molecule has 1 N–H and O–H groups in total. The lowest BCUT2D eigenvalue weighted by Gasteiger charge is -2.33. The Balaban J connectivity index is 1.78. The summed E-state index contributed by atoms with van der Waals surface area (Å²) in [6.07, 6.45) is 0. The van der Waals surface area contributed by atoms with E-state index in [1.54, 1.807) is 16.2 Å². The molecule has 1 atom stereocenters. The molecule has 2 aromatic rings. The van der Waals surface area contributed by atoms with Crippen molar-refractivity contribution in [2.75, 3.05) is 23.8 Å². The minimum absolute atomic E-state index is 0.0625. The second-order valence-electron chi connectivity index (χ2n) is 5.66. The van der Waals surface area contributed by atoms with Gasteiger partial charge < -0.3 is 5.32 Å². The molecule has 0 saturated heterocycles. The van der Waals surface area contributed by atoms with Crippen molar-refractivity contribution in [3.05, 3.63) is 46.7 Å². The predicted octanol–water partition coefficient (Wildman–Crippen LogP) is 2.55. The molecular formula is C17H19N3O2S. The first kappa shape index (κ1) is 15.7. The average Bonchev–Trinajstić information content (AvgIpc) is 3.05. The maximum Gasteiger partial charge on any atom is 0.244 e. The largest absolute Gasteiger partial charge is 0.323 e. The fourth-order valence-corrected chi connectivity index (χ4v) is 3.40. The van der Waals surface area contributed by atoms with Crippen LogP contribution in [0.2, 0.25) is 0 Å². The Bertz CT molecular complexity index is 714. The summed E-state index contributed by atoms with van der Waals surface area (Å²) in [6.45, 7) is 2.66. The maximum absolute atomic E-state index is 12.9. The van der Waals surface area contributed by atoms with Crippen molar-refractivity contribution in [3.8, 4) is 0 Å². The van der Waals surface area contributed by atoms with E-state index >= 15 is 0 Å². The lowest BCUT2D eigenvalue weighted by molar-refractivity contribution is -0.125. The molecule has 23 heavy (non-hydrogen) atoms. The smallest absolute Gasteiger partial charge is 0.244 e. The monoisotopic (exact) mass is 329 g/mol. The van der Waals surface area contributed by atoms with Crippen molar-refractivity contribution < 1.29 is 9.59 Å². The van der Waals surface area contributed by atoms with Gasteiger partial charge in [-0.25, -0.2) is 0 Å². The Morgan fingerprint density at radius 1 is 1.35 bits per heavy atom. The highest BCUT2D eigenvalue weighted by Crippen LogP contribution is 2.29. The molecule has 5 nitrogen and oxygen atoms in total. The Morgan fingerprint density at radius 2 is 2.13 bits per heavy atom. The maximum atomic E-state index is 12.9. The van der Waals surface area contributed by atoms with E-state index in [0.29, 0.717) is 12.2 Å². The highest BCUT2D eigenvalue weighted by molar-refractivity contribution is 7.09. The van der Waals surface area contributed by atoms with Gasteiger partial charge >= 0.3 is 0 Å². The van der Waals surface area contributed by atoms with Crippen molar-refractivity contribution in [2.24, 2.45) is 0 Å². The Hall–Kier alpha value is -2.18. The van der Waals surface area contributed by atoms with Crippen molar-refractivity contribution >= 4 is 34.5 Å². The van der Waals surface area contributed by atoms with Crippen LogP contribution >= 0.6 is 11.3 Å². The number of likely N-dealkylation sites (N-methyl/N-ethyl adjacent to an activating group) is 1. The molecule has 0 fully saturated rings. The van der Waals surface area contributed by atoms with Gasteiger partial charge in [0.2, 0.25) is 11.8 Å². The van der Waals surface area contributed by atoms with Crippen LogP contribution in [0.15, 0.2) is 41.8 Å². The minimum Gasteiger partial charge on any atom is -0.323 e. The number of carbonyl (C=O) groups is 2. The van der Waals surface area contributed by atoms with E-state index in [9.17, 15) is 9.59 Å². The van der Waals surface area contributed by atoms with Crippen LogP contribution in [-0.4, -0.2) is 36.3 Å². The van der Waals surface area contributed by atoms with Gasteiger partial charge in [-0.2, -0.15) is 0 Å². The molecule has 2 amide bonds. The molecule has 120 valence electrons. The van der Waals surface area contributed by atoms with E-state index in [-0.39, 0.29) is 24.4 Å². The molecule has 1 aromatic carbocycles. The van der Waals surface area contributed by atoms with Gasteiger partial charge in [0, 0.05) is 11.4 Å². The SMILES string of the molecule is C[C@H](C(=O)N1CC(=O)Nc2ccccc21)N(C)Cc1cccs1. The van der Waals surface area contributed by atoms with Gasteiger partial charge in [-0.1, -0.05) is 18.2 Å². The lowest BCUT2D eigenvalue weighted by Crippen LogP contribution is -2.50. The first-order chi connectivity index (χ1) is 11.1. The number of benzene rings is 1. The van der Waals surface area contributed by atoms with Crippen molar-refractivity contribution in [3.63, 3.8) is 0 Å². The van der Waals surface area contributed by atoms with E-state index in [2.05, 4.69) is 11.4 Å². The van der Waals surface area contributed by atoms with Crippen LogP contribution in [0, 0.1) is 0 Å². The third kappa shape index (κ3) is 3.28. The summed E-state index contributed by atoms with van der Waals surface area (Å²) >= 11 is 1.67. The van der Waals surface area contributed by atoms with Crippen LogP contribution in [-0.2, 0) is 16.1 Å². The number of nitrogens with one attached hydrogen (secondary N) is 1. The molecule has 1 aliphatic rings. The quantitative estimate of drug-likeness (QED) is 0.938. The summed E-state index contributed by atoms with van der Waals surface area (Å²) in [5, 5.41) is 4.83. The average molecular weight is 329 g/mol. The first-order valence-corrected chi connectivity index (χ1v) is 8.37. The highest BCUT2D eigenvalue weighted by Gasteiger charge is 2.31. The number of nitrogens with zero attached hydrogens (tertiary/aromatic N) is 2. The number of hydrogen-bond acceptors (Lipinski definition) is 4. The fourth-order valence-electron chi connectivity index (χ4n) is 2.63. The molecule has 6 heteroatoms. The van der Waals surface area contributed by atoms with Crippen LogP contribution in [0.25, 0.3) is 0 Å². The second kappa shape index (κ2) is 6.52. The van der Waals surface area contributed by atoms with E-state index in [0.717, 1.165) is 5.69 Å². The number of para-hydroxylation sites is 2. The summed E-state index contributed by atoms with van der Waals surface area (Å²) in [7, 11) is 1.93. The van der Waals surface area contributed by atoms with Gasteiger partial charge in [0.25, 0.3) is 0 Å². The van der Waals surface area contributed by atoms with Crippen LogP contribution in [0.1, 0.15) is 11.8 Å². The molecule has 0 radical (unpaired) electrons. The third-order valence-electron chi connectivity index (χ3n) is 4.04. The predicted molar refractivity (Wildman–Crippen MR) is 92.7 cm³/mol. The molecule has 1 aliphatic heterocycles. The van der Waals surface area contributed by atoms with Crippen molar-refractivity contribution in [1.82, 2.24) is 4.90 Å². The first-order valence-electron chi connectivity index (χ1n) is 7.49. The molecule has 0 spiro atoms. The number of carbonyl (C=O) groups excluding carboxylic acids is 2. The van der Waals surface area contributed by atoms with Crippen LogP contribution in [0.3, 0.4) is 0 Å².